The molecule has 0 aliphatic heterocycles. The Bertz CT molecular complexity index is 250. The second-order valence-electron chi connectivity index (χ2n) is 4.32. The van der Waals surface area contributed by atoms with E-state index in [2.05, 4.69) is 25.7 Å². The molecule has 2 atom stereocenters. The van der Waals surface area contributed by atoms with Crippen LogP contribution in [0.5, 0.6) is 0 Å². The number of carbonyl (C=O) groups is 1. The zero-order valence-electron chi connectivity index (χ0n) is 9.25. The van der Waals surface area contributed by atoms with Crippen LogP contribution >= 0.6 is 0 Å². The van der Waals surface area contributed by atoms with Gasteiger partial charge in [0.15, 0.2) is 0 Å². The molecule has 0 aromatic rings. The van der Waals surface area contributed by atoms with Gasteiger partial charge in [-0.3, -0.25) is 0 Å². The maximum atomic E-state index is 11.1. The maximum absolute atomic E-state index is 11.1. The quantitative estimate of drug-likeness (QED) is 0.625. The van der Waals surface area contributed by atoms with Gasteiger partial charge in [0.1, 0.15) is 5.78 Å². The summed E-state index contributed by atoms with van der Waals surface area (Å²) in [5.74, 6) is 1.38. The molecule has 1 heteroatoms. The minimum atomic E-state index is 0.289. The van der Waals surface area contributed by atoms with Crippen molar-refractivity contribution in [3.63, 3.8) is 0 Å². The first kappa shape index (κ1) is 11.2. The molecule has 0 spiro atoms. The molecule has 2 unspecified atom stereocenters. The van der Waals surface area contributed by atoms with Crippen LogP contribution in [0.2, 0.25) is 0 Å². The Morgan fingerprint density at radius 3 is 2.93 bits per heavy atom. The van der Waals surface area contributed by atoms with E-state index in [1.165, 1.54) is 12.0 Å². The number of hydrogen-bond acceptors (Lipinski definition) is 1. The molecule has 0 aromatic carbocycles. The fourth-order valence-corrected chi connectivity index (χ4v) is 2.25. The molecule has 0 amide bonds. The van der Waals surface area contributed by atoms with Crippen molar-refractivity contribution in [2.24, 2.45) is 11.8 Å². The summed E-state index contributed by atoms with van der Waals surface area (Å²) >= 11 is 0. The third-order valence-corrected chi connectivity index (χ3v) is 3.00. The topological polar surface area (TPSA) is 17.1 Å². The van der Waals surface area contributed by atoms with E-state index >= 15 is 0 Å². The number of allylic oxidation sites excluding steroid dienone is 3. The third-order valence-electron chi connectivity index (χ3n) is 3.00. The summed E-state index contributed by atoms with van der Waals surface area (Å²) in [7, 11) is 0. The lowest BCUT2D eigenvalue weighted by atomic mass is 9.76. The van der Waals surface area contributed by atoms with Crippen molar-refractivity contribution in [2.45, 2.75) is 39.5 Å². The van der Waals surface area contributed by atoms with E-state index < -0.39 is 0 Å². The van der Waals surface area contributed by atoms with Gasteiger partial charge in [0.2, 0.25) is 0 Å². The Morgan fingerprint density at radius 1 is 1.64 bits per heavy atom. The average Bonchev–Trinajstić information content (AvgIpc) is 2.10. The summed E-state index contributed by atoms with van der Waals surface area (Å²) in [5.41, 5.74) is 1.28. The Balaban J connectivity index is 2.54. The van der Waals surface area contributed by atoms with Crippen LogP contribution in [0.4, 0.5) is 0 Å². The van der Waals surface area contributed by atoms with E-state index in [1.54, 1.807) is 6.92 Å². The van der Waals surface area contributed by atoms with Crippen molar-refractivity contribution in [1.29, 1.82) is 0 Å². The fourth-order valence-electron chi connectivity index (χ4n) is 2.25. The lowest BCUT2D eigenvalue weighted by Gasteiger charge is -2.28. The van der Waals surface area contributed by atoms with E-state index in [4.69, 9.17) is 0 Å². The summed E-state index contributed by atoms with van der Waals surface area (Å²) in [4.78, 5) is 11.1. The SMILES string of the molecule is C=C1CCC(C=CC)CC1CC(C)=O. The van der Waals surface area contributed by atoms with Gasteiger partial charge >= 0.3 is 0 Å². The number of rotatable bonds is 3. The Morgan fingerprint density at radius 2 is 2.36 bits per heavy atom. The van der Waals surface area contributed by atoms with Crippen molar-refractivity contribution in [3.8, 4) is 0 Å². The molecule has 0 heterocycles. The van der Waals surface area contributed by atoms with Crippen LogP contribution in [0.3, 0.4) is 0 Å². The maximum Gasteiger partial charge on any atom is 0.130 e. The van der Waals surface area contributed by atoms with Crippen molar-refractivity contribution in [1.82, 2.24) is 0 Å². The molecule has 1 aliphatic rings. The molecule has 1 fully saturated rings. The monoisotopic (exact) mass is 192 g/mol. The van der Waals surface area contributed by atoms with E-state index in [-0.39, 0.29) is 5.78 Å². The van der Waals surface area contributed by atoms with Gasteiger partial charge in [-0.1, -0.05) is 24.3 Å². The van der Waals surface area contributed by atoms with Gasteiger partial charge in [0.05, 0.1) is 0 Å². The number of Topliss-reactive ketones (excluding diaryl/α,β-unsaturated/α-hetero) is 1. The lowest BCUT2D eigenvalue weighted by Crippen LogP contribution is -2.18. The van der Waals surface area contributed by atoms with Crippen molar-refractivity contribution < 1.29 is 4.79 Å². The fraction of sp³-hybridized carbons (Fsp3) is 0.615. The van der Waals surface area contributed by atoms with Gasteiger partial charge in [-0.25, -0.2) is 0 Å². The standard InChI is InChI=1S/C13H20O/c1-4-5-12-7-6-10(2)13(9-12)8-11(3)14/h4-5,12-13H,2,6-9H2,1,3H3. The molecule has 1 nitrogen and oxygen atoms in total. The Kier molecular flexibility index (Phi) is 4.12. The Labute approximate surface area is 86.9 Å². The number of carbonyl (C=O) groups excluding carboxylic acids is 1. The highest BCUT2D eigenvalue weighted by atomic mass is 16.1. The summed E-state index contributed by atoms with van der Waals surface area (Å²) in [6.45, 7) is 7.80. The van der Waals surface area contributed by atoms with Crippen molar-refractivity contribution in [2.75, 3.05) is 0 Å². The number of ketones is 1. The molecule has 78 valence electrons. The summed E-state index contributed by atoms with van der Waals surface area (Å²) in [5, 5.41) is 0. The molecule has 1 saturated carbocycles. The van der Waals surface area contributed by atoms with Crippen molar-refractivity contribution in [3.05, 3.63) is 24.3 Å². The normalized spacial score (nSPS) is 28.3. The minimum Gasteiger partial charge on any atom is -0.300 e. The van der Waals surface area contributed by atoms with E-state index in [9.17, 15) is 4.79 Å². The van der Waals surface area contributed by atoms with Crippen LogP contribution in [0.1, 0.15) is 39.5 Å². The average molecular weight is 192 g/mol. The predicted octanol–water partition coefficient (Wildman–Crippen LogP) is 3.51. The van der Waals surface area contributed by atoms with Crippen LogP contribution < -0.4 is 0 Å². The van der Waals surface area contributed by atoms with Crippen LogP contribution in [-0.2, 0) is 4.79 Å². The van der Waals surface area contributed by atoms with Crippen LogP contribution in [0.15, 0.2) is 24.3 Å². The smallest absolute Gasteiger partial charge is 0.130 e. The van der Waals surface area contributed by atoms with E-state index in [0.29, 0.717) is 18.3 Å². The third kappa shape index (κ3) is 3.13. The highest BCUT2D eigenvalue weighted by Gasteiger charge is 2.23. The highest BCUT2D eigenvalue weighted by molar-refractivity contribution is 5.76. The molecule has 0 radical (unpaired) electrons. The summed E-state index contributed by atoms with van der Waals surface area (Å²) < 4.78 is 0. The molecular weight excluding hydrogens is 172 g/mol. The first-order valence-corrected chi connectivity index (χ1v) is 5.43. The first-order valence-electron chi connectivity index (χ1n) is 5.43. The zero-order chi connectivity index (χ0) is 10.6. The summed E-state index contributed by atoms with van der Waals surface area (Å²) in [6, 6.07) is 0. The van der Waals surface area contributed by atoms with Gasteiger partial charge < -0.3 is 4.79 Å². The largest absolute Gasteiger partial charge is 0.300 e. The second-order valence-corrected chi connectivity index (χ2v) is 4.32. The van der Waals surface area contributed by atoms with E-state index in [1.807, 2.05) is 0 Å². The molecule has 1 rings (SSSR count). The molecule has 0 bridgehead atoms. The van der Waals surface area contributed by atoms with Gasteiger partial charge in [0.25, 0.3) is 0 Å². The molecule has 0 saturated heterocycles. The lowest BCUT2D eigenvalue weighted by molar-refractivity contribution is -0.117. The Hall–Kier alpha value is -0.850. The van der Waals surface area contributed by atoms with Gasteiger partial charge in [-0.05, 0) is 44.9 Å². The second kappa shape index (κ2) is 5.14. The zero-order valence-corrected chi connectivity index (χ0v) is 9.25. The predicted molar refractivity (Wildman–Crippen MR) is 60.1 cm³/mol. The van der Waals surface area contributed by atoms with Crippen LogP contribution in [0.25, 0.3) is 0 Å². The molecule has 1 aliphatic carbocycles. The van der Waals surface area contributed by atoms with Gasteiger partial charge in [-0.15, -0.1) is 0 Å². The van der Waals surface area contributed by atoms with Gasteiger partial charge in [0, 0.05) is 6.42 Å². The van der Waals surface area contributed by atoms with E-state index in [0.717, 1.165) is 12.8 Å². The van der Waals surface area contributed by atoms with Crippen LogP contribution in [0, 0.1) is 11.8 Å². The molecule has 14 heavy (non-hydrogen) atoms. The molecule has 0 N–H and O–H groups in total. The highest BCUT2D eigenvalue weighted by Crippen LogP contribution is 2.35. The number of hydrogen-bond donors (Lipinski definition) is 0. The van der Waals surface area contributed by atoms with Gasteiger partial charge in [-0.2, -0.15) is 0 Å². The molecular formula is C13H20O. The first-order chi connectivity index (χ1) is 6.63. The minimum absolute atomic E-state index is 0.289. The van der Waals surface area contributed by atoms with Crippen LogP contribution in [-0.4, -0.2) is 5.78 Å². The van der Waals surface area contributed by atoms with Crippen molar-refractivity contribution >= 4 is 5.78 Å². The summed E-state index contributed by atoms with van der Waals surface area (Å²) in [6.07, 6.45) is 8.48. The molecule has 0 aromatic heterocycles.